The van der Waals surface area contributed by atoms with E-state index >= 15 is 0 Å². The minimum absolute atomic E-state index is 0.0799. The van der Waals surface area contributed by atoms with E-state index < -0.39 is 0 Å². The lowest BCUT2D eigenvalue weighted by atomic mass is 9.95. The first-order valence-electron chi connectivity index (χ1n) is 9.76. The Balaban J connectivity index is 1.60. The molecule has 0 fully saturated rings. The van der Waals surface area contributed by atoms with Crippen molar-refractivity contribution in [3.63, 3.8) is 0 Å². The molecule has 0 bridgehead atoms. The number of benzene rings is 2. The summed E-state index contributed by atoms with van der Waals surface area (Å²) >= 11 is 7.15. The highest BCUT2D eigenvalue weighted by Crippen LogP contribution is 2.38. The molecule has 1 heterocycles. The Morgan fingerprint density at radius 2 is 1.66 bits per heavy atom. The summed E-state index contributed by atoms with van der Waals surface area (Å²) < 4.78 is 0. The van der Waals surface area contributed by atoms with Gasteiger partial charge in [0.05, 0.1) is 5.56 Å². The first-order valence-corrected chi connectivity index (χ1v) is 11.0. The van der Waals surface area contributed by atoms with E-state index in [-0.39, 0.29) is 5.91 Å². The molecule has 0 radical (unpaired) electrons. The molecule has 0 saturated heterocycles. The van der Waals surface area contributed by atoms with Crippen LogP contribution in [-0.2, 0) is 12.8 Å². The van der Waals surface area contributed by atoms with E-state index in [0.29, 0.717) is 5.11 Å². The first kappa shape index (κ1) is 19.6. The lowest BCUT2D eigenvalue weighted by Crippen LogP contribution is -2.22. The Labute approximate surface area is 180 Å². The number of nitrogens with one attached hydrogen (secondary N) is 3. The van der Waals surface area contributed by atoms with Gasteiger partial charge in [-0.05, 0) is 74.2 Å². The number of carbonyl (C=O) groups is 1. The Morgan fingerprint density at radius 3 is 2.45 bits per heavy atom. The maximum absolute atomic E-state index is 13.3. The molecule has 0 unspecified atom stereocenters. The van der Waals surface area contributed by atoms with Crippen molar-refractivity contribution in [1.82, 2.24) is 0 Å². The monoisotopic (exact) mass is 421 g/mol. The summed E-state index contributed by atoms with van der Waals surface area (Å²) in [6.07, 6.45) is 4.23. The number of fused-ring (bicyclic) bond motifs is 1. The SMILES string of the molecule is Cc1ccccc1NC(=O)c1c(NC(=S)Nc2ccccc2)sc2c1CCCC2. The number of rotatable bonds is 4. The second-order valence-electron chi connectivity index (χ2n) is 7.13. The number of thiocarbonyl (C=S) groups is 1. The van der Waals surface area contributed by atoms with E-state index in [1.807, 2.05) is 61.5 Å². The molecule has 0 spiro atoms. The zero-order valence-corrected chi connectivity index (χ0v) is 17.9. The van der Waals surface area contributed by atoms with Crippen LogP contribution >= 0.6 is 23.6 Å². The van der Waals surface area contributed by atoms with Gasteiger partial charge in [-0.3, -0.25) is 4.79 Å². The average Bonchev–Trinajstić information content (AvgIpc) is 3.08. The van der Waals surface area contributed by atoms with E-state index in [2.05, 4.69) is 16.0 Å². The summed E-state index contributed by atoms with van der Waals surface area (Å²) in [5, 5.41) is 10.9. The maximum Gasteiger partial charge on any atom is 0.258 e. The molecule has 4 rings (SSSR count). The largest absolute Gasteiger partial charge is 0.332 e. The van der Waals surface area contributed by atoms with Crippen LogP contribution in [0.2, 0.25) is 0 Å². The van der Waals surface area contributed by atoms with Crippen LogP contribution in [0.5, 0.6) is 0 Å². The van der Waals surface area contributed by atoms with Crippen molar-refractivity contribution in [2.45, 2.75) is 32.6 Å². The van der Waals surface area contributed by atoms with E-state index in [0.717, 1.165) is 52.3 Å². The van der Waals surface area contributed by atoms with Crippen LogP contribution in [-0.4, -0.2) is 11.0 Å². The highest BCUT2D eigenvalue weighted by Gasteiger charge is 2.26. The smallest absolute Gasteiger partial charge is 0.258 e. The molecule has 6 heteroatoms. The van der Waals surface area contributed by atoms with Gasteiger partial charge in [-0.15, -0.1) is 11.3 Å². The molecule has 2 aromatic carbocycles. The third kappa shape index (κ3) is 4.49. The zero-order valence-electron chi connectivity index (χ0n) is 16.2. The van der Waals surface area contributed by atoms with Crippen molar-refractivity contribution in [3.8, 4) is 0 Å². The fraction of sp³-hybridized carbons (Fsp3) is 0.217. The summed E-state index contributed by atoms with van der Waals surface area (Å²) in [5.41, 5.74) is 4.68. The number of hydrogen-bond donors (Lipinski definition) is 3. The predicted octanol–water partition coefficient (Wildman–Crippen LogP) is 6.00. The van der Waals surface area contributed by atoms with Crippen molar-refractivity contribution < 1.29 is 4.79 Å². The number of hydrogen-bond acceptors (Lipinski definition) is 3. The van der Waals surface area contributed by atoms with Gasteiger partial charge in [0, 0.05) is 16.3 Å². The van der Waals surface area contributed by atoms with Crippen molar-refractivity contribution in [2.24, 2.45) is 0 Å². The molecule has 148 valence electrons. The lowest BCUT2D eigenvalue weighted by Gasteiger charge is -2.15. The van der Waals surface area contributed by atoms with Gasteiger partial charge in [0.15, 0.2) is 5.11 Å². The Bertz CT molecular complexity index is 1040. The molecule has 3 aromatic rings. The molecule has 3 N–H and O–H groups in total. The number of para-hydroxylation sites is 2. The minimum atomic E-state index is -0.0799. The van der Waals surface area contributed by atoms with E-state index in [1.54, 1.807) is 11.3 Å². The minimum Gasteiger partial charge on any atom is -0.332 e. The fourth-order valence-electron chi connectivity index (χ4n) is 3.58. The Kier molecular flexibility index (Phi) is 5.92. The van der Waals surface area contributed by atoms with Gasteiger partial charge in [-0.2, -0.15) is 0 Å². The second kappa shape index (κ2) is 8.76. The topological polar surface area (TPSA) is 53.2 Å². The van der Waals surface area contributed by atoms with Crippen LogP contribution < -0.4 is 16.0 Å². The summed E-state index contributed by atoms with van der Waals surface area (Å²) in [6, 6.07) is 17.6. The van der Waals surface area contributed by atoms with Gasteiger partial charge in [0.25, 0.3) is 5.91 Å². The van der Waals surface area contributed by atoms with Crippen molar-refractivity contribution >= 4 is 51.0 Å². The molecule has 1 aliphatic carbocycles. The molecule has 0 aliphatic heterocycles. The summed E-state index contributed by atoms with van der Waals surface area (Å²) in [6.45, 7) is 2.00. The lowest BCUT2D eigenvalue weighted by molar-refractivity contribution is 0.102. The van der Waals surface area contributed by atoms with Gasteiger partial charge in [0.1, 0.15) is 5.00 Å². The van der Waals surface area contributed by atoms with Crippen LogP contribution in [0, 0.1) is 6.92 Å². The molecule has 1 aromatic heterocycles. The van der Waals surface area contributed by atoms with Gasteiger partial charge < -0.3 is 16.0 Å². The number of anilines is 3. The average molecular weight is 422 g/mol. The third-order valence-corrected chi connectivity index (χ3v) is 6.46. The number of aryl methyl sites for hydroxylation is 2. The fourth-order valence-corrected chi connectivity index (χ4v) is 5.15. The molecule has 29 heavy (non-hydrogen) atoms. The molecule has 0 atom stereocenters. The highest BCUT2D eigenvalue weighted by molar-refractivity contribution is 7.80. The normalized spacial score (nSPS) is 12.7. The predicted molar refractivity (Wildman–Crippen MR) is 126 cm³/mol. The standard InChI is InChI=1S/C23H23N3OS2/c1-15-9-5-7-13-18(15)25-21(27)20-17-12-6-8-14-19(17)29-22(20)26-23(28)24-16-10-3-2-4-11-16/h2-5,7,9-11,13H,6,8,12,14H2,1H3,(H,25,27)(H2,24,26,28). The van der Waals surface area contributed by atoms with Gasteiger partial charge in [-0.25, -0.2) is 0 Å². The highest BCUT2D eigenvalue weighted by atomic mass is 32.1. The zero-order chi connectivity index (χ0) is 20.2. The number of thiophene rings is 1. The van der Waals surface area contributed by atoms with Gasteiger partial charge in [-0.1, -0.05) is 36.4 Å². The third-order valence-electron chi connectivity index (χ3n) is 5.05. The molecule has 4 nitrogen and oxygen atoms in total. The summed E-state index contributed by atoms with van der Waals surface area (Å²) in [5.74, 6) is -0.0799. The summed E-state index contributed by atoms with van der Waals surface area (Å²) in [4.78, 5) is 14.5. The second-order valence-corrected chi connectivity index (χ2v) is 8.64. The van der Waals surface area contributed by atoms with Crippen LogP contribution in [0.15, 0.2) is 54.6 Å². The van der Waals surface area contributed by atoms with Crippen LogP contribution in [0.4, 0.5) is 16.4 Å². The first-order chi connectivity index (χ1) is 14.1. The van der Waals surface area contributed by atoms with Crippen molar-refractivity contribution in [1.29, 1.82) is 0 Å². The quantitative estimate of drug-likeness (QED) is 0.453. The van der Waals surface area contributed by atoms with Crippen LogP contribution in [0.25, 0.3) is 0 Å². The Hall–Kier alpha value is -2.70. The van der Waals surface area contributed by atoms with Crippen LogP contribution in [0.1, 0.15) is 39.2 Å². The number of carbonyl (C=O) groups excluding carboxylic acids is 1. The van der Waals surface area contributed by atoms with Crippen molar-refractivity contribution in [3.05, 3.63) is 76.2 Å². The summed E-state index contributed by atoms with van der Waals surface area (Å²) in [7, 11) is 0. The molecular weight excluding hydrogens is 398 g/mol. The van der Waals surface area contributed by atoms with Gasteiger partial charge in [0.2, 0.25) is 0 Å². The van der Waals surface area contributed by atoms with Gasteiger partial charge >= 0.3 is 0 Å². The Morgan fingerprint density at radius 1 is 0.931 bits per heavy atom. The maximum atomic E-state index is 13.3. The van der Waals surface area contributed by atoms with E-state index in [9.17, 15) is 4.79 Å². The van der Waals surface area contributed by atoms with E-state index in [4.69, 9.17) is 12.2 Å². The van der Waals surface area contributed by atoms with Crippen molar-refractivity contribution in [2.75, 3.05) is 16.0 Å². The van der Waals surface area contributed by atoms with E-state index in [1.165, 1.54) is 11.3 Å². The molecular formula is C23H23N3OS2. The number of amides is 1. The molecule has 0 saturated carbocycles. The molecule has 1 aliphatic rings. The van der Waals surface area contributed by atoms with Crippen LogP contribution in [0.3, 0.4) is 0 Å². The molecule has 1 amide bonds.